The maximum Gasteiger partial charge on any atom is 0.258 e. The first-order chi connectivity index (χ1) is 14.7. The molecule has 2 heterocycles. The van der Waals surface area contributed by atoms with Crippen LogP contribution in [0, 0.1) is 34.6 Å². The summed E-state index contributed by atoms with van der Waals surface area (Å²) in [6.45, 7) is 9.70. The van der Waals surface area contributed by atoms with Gasteiger partial charge in [0, 0.05) is 16.9 Å². The summed E-state index contributed by atoms with van der Waals surface area (Å²) in [5.41, 5.74) is 7.08. The van der Waals surface area contributed by atoms with E-state index in [9.17, 15) is 9.59 Å². The van der Waals surface area contributed by atoms with E-state index in [2.05, 4.69) is 10.4 Å². The molecule has 1 aliphatic rings. The number of aromatic nitrogens is 4. The fraction of sp³-hybridized carbons (Fsp3) is 0.417. The summed E-state index contributed by atoms with van der Waals surface area (Å²) >= 11 is 0. The van der Waals surface area contributed by atoms with Crippen molar-refractivity contribution >= 4 is 11.6 Å². The van der Waals surface area contributed by atoms with E-state index in [1.54, 1.807) is 4.68 Å². The zero-order valence-electron chi connectivity index (χ0n) is 18.9. The quantitative estimate of drug-likeness (QED) is 0.702. The topological polar surface area (TPSA) is 81.8 Å². The van der Waals surface area contributed by atoms with E-state index in [4.69, 9.17) is 4.98 Å². The number of carbonyl (C=O) groups excluding carboxylic acids is 1. The van der Waals surface area contributed by atoms with Crippen molar-refractivity contribution in [3.05, 3.63) is 67.9 Å². The highest BCUT2D eigenvalue weighted by Crippen LogP contribution is 2.23. The first-order valence-corrected chi connectivity index (χ1v) is 10.8. The summed E-state index contributed by atoms with van der Waals surface area (Å²) in [6.07, 6.45) is 3.48. The molecule has 0 saturated carbocycles. The van der Waals surface area contributed by atoms with Crippen LogP contribution < -0.4 is 10.9 Å². The highest BCUT2D eigenvalue weighted by atomic mass is 16.2. The third kappa shape index (κ3) is 4.04. The summed E-state index contributed by atoms with van der Waals surface area (Å²) in [5, 5.41) is 7.53. The highest BCUT2D eigenvalue weighted by Gasteiger charge is 2.23. The molecule has 1 aliphatic carbocycles. The number of nitrogens with one attached hydrogen (secondary N) is 1. The molecule has 0 aliphatic heterocycles. The van der Waals surface area contributed by atoms with E-state index in [0.717, 1.165) is 64.3 Å². The molecule has 0 bridgehead atoms. The number of amides is 1. The van der Waals surface area contributed by atoms with Crippen molar-refractivity contribution in [3.63, 3.8) is 0 Å². The minimum absolute atomic E-state index is 0.112. The largest absolute Gasteiger partial charge is 0.324 e. The van der Waals surface area contributed by atoms with Gasteiger partial charge in [-0.3, -0.25) is 14.2 Å². The predicted molar refractivity (Wildman–Crippen MR) is 121 cm³/mol. The molecule has 1 aromatic carbocycles. The molecule has 1 N–H and O–H groups in total. The second-order valence-corrected chi connectivity index (χ2v) is 8.60. The summed E-state index contributed by atoms with van der Waals surface area (Å²) in [5.74, 6) is 0.154. The lowest BCUT2D eigenvalue weighted by Gasteiger charge is -2.20. The van der Waals surface area contributed by atoms with Crippen LogP contribution in [0.4, 0.5) is 5.69 Å². The Hall–Kier alpha value is -3.22. The average molecular weight is 420 g/mol. The average Bonchev–Trinajstić information content (AvgIpc) is 3.04. The number of hydrogen-bond donors (Lipinski definition) is 1. The van der Waals surface area contributed by atoms with Crippen LogP contribution in [0.15, 0.2) is 23.0 Å². The number of benzene rings is 1. The van der Waals surface area contributed by atoms with Crippen LogP contribution in [0.1, 0.15) is 52.2 Å². The Morgan fingerprint density at radius 2 is 1.71 bits per heavy atom. The van der Waals surface area contributed by atoms with Gasteiger partial charge in [-0.2, -0.15) is 5.10 Å². The zero-order valence-corrected chi connectivity index (χ0v) is 18.9. The van der Waals surface area contributed by atoms with Gasteiger partial charge >= 0.3 is 0 Å². The molecule has 3 aromatic rings. The van der Waals surface area contributed by atoms with E-state index in [1.807, 2.05) is 52.8 Å². The van der Waals surface area contributed by atoms with Gasteiger partial charge in [0.15, 0.2) is 0 Å². The fourth-order valence-electron chi connectivity index (χ4n) is 4.51. The molecule has 1 amide bonds. The van der Waals surface area contributed by atoms with Gasteiger partial charge in [-0.15, -0.1) is 0 Å². The van der Waals surface area contributed by atoms with E-state index in [1.165, 1.54) is 4.57 Å². The Morgan fingerprint density at radius 1 is 1.03 bits per heavy atom. The van der Waals surface area contributed by atoms with Gasteiger partial charge in [0.25, 0.3) is 5.56 Å². The molecule has 0 radical (unpaired) electrons. The lowest BCUT2D eigenvalue weighted by Crippen LogP contribution is -2.36. The third-order valence-electron chi connectivity index (χ3n) is 5.86. The summed E-state index contributed by atoms with van der Waals surface area (Å²) < 4.78 is 3.14. The molecule has 7 heteroatoms. The number of nitrogens with zero attached hydrogens (tertiary/aromatic N) is 4. The number of rotatable bonds is 4. The standard InChI is InChI=1S/C24H29N5O2/c1-14-10-15(2)22(16(3)11-14)26-21(30)13-28-23(31)19-8-6-7-9-20(19)25-24(28)29-18(5)12-17(4)27-29/h10-12H,6-9,13H2,1-5H3,(H,26,30). The van der Waals surface area contributed by atoms with Crippen molar-refractivity contribution in [1.82, 2.24) is 19.3 Å². The Morgan fingerprint density at radius 3 is 2.35 bits per heavy atom. The highest BCUT2D eigenvalue weighted by molar-refractivity contribution is 5.92. The van der Waals surface area contributed by atoms with E-state index in [-0.39, 0.29) is 18.0 Å². The molecule has 7 nitrogen and oxygen atoms in total. The molecule has 0 fully saturated rings. The zero-order chi connectivity index (χ0) is 22.3. The summed E-state index contributed by atoms with van der Waals surface area (Å²) in [4.78, 5) is 31.2. The van der Waals surface area contributed by atoms with Gasteiger partial charge < -0.3 is 5.32 Å². The van der Waals surface area contributed by atoms with Gasteiger partial charge in [0.05, 0.1) is 11.4 Å². The van der Waals surface area contributed by atoms with Crippen molar-refractivity contribution < 1.29 is 4.79 Å². The molecule has 0 unspecified atom stereocenters. The van der Waals surface area contributed by atoms with E-state index < -0.39 is 0 Å². The van der Waals surface area contributed by atoms with Gasteiger partial charge in [-0.1, -0.05) is 17.7 Å². The van der Waals surface area contributed by atoms with Crippen LogP contribution in [0.5, 0.6) is 0 Å². The van der Waals surface area contributed by atoms with Crippen LogP contribution in [0.2, 0.25) is 0 Å². The molecule has 2 aromatic heterocycles. The van der Waals surface area contributed by atoms with Crippen LogP contribution in [0.25, 0.3) is 5.95 Å². The minimum Gasteiger partial charge on any atom is -0.324 e. The Balaban J connectivity index is 1.76. The van der Waals surface area contributed by atoms with Crippen molar-refractivity contribution in [2.75, 3.05) is 5.32 Å². The summed E-state index contributed by atoms with van der Waals surface area (Å²) in [7, 11) is 0. The molecule has 31 heavy (non-hydrogen) atoms. The number of aryl methyl sites for hydroxylation is 6. The van der Waals surface area contributed by atoms with Crippen molar-refractivity contribution in [2.24, 2.45) is 0 Å². The number of fused-ring (bicyclic) bond motifs is 1. The Labute approximate surface area is 182 Å². The van der Waals surface area contributed by atoms with Crippen molar-refractivity contribution in [2.45, 2.75) is 66.8 Å². The molecule has 0 spiro atoms. The van der Waals surface area contributed by atoms with Gasteiger partial charge in [-0.25, -0.2) is 9.67 Å². The van der Waals surface area contributed by atoms with Crippen molar-refractivity contribution in [1.29, 1.82) is 0 Å². The lowest BCUT2D eigenvalue weighted by atomic mass is 9.97. The SMILES string of the molecule is Cc1cc(C)c(NC(=O)Cn2c(-n3nc(C)cc3C)nc3c(c2=O)CCCC3)c(C)c1. The molecule has 0 saturated heterocycles. The monoisotopic (exact) mass is 419 g/mol. The maximum absolute atomic E-state index is 13.4. The van der Waals surface area contributed by atoms with Gasteiger partial charge in [0.1, 0.15) is 6.54 Å². The first kappa shape index (κ1) is 21.0. The smallest absolute Gasteiger partial charge is 0.258 e. The van der Waals surface area contributed by atoms with Crippen LogP contribution in [-0.2, 0) is 24.2 Å². The first-order valence-electron chi connectivity index (χ1n) is 10.8. The second-order valence-electron chi connectivity index (χ2n) is 8.60. The minimum atomic E-state index is -0.252. The lowest BCUT2D eigenvalue weighted by molar-refractivity contribution is -0.116. The van der Waals surface area contributed by atoms with Crippen LogP contribution in [0.3, 0.4) is 0 Å². The Kier molecular flexibility index (Phi) is 5.52. The van der Waals surface area contributed by atoms with Crippen LogP contribution >= 0.6 is 0 Å². The maximum atomic E-state index is 13.4. The fourth-order valence-corrected chi connectivity index (χ4v) is 4.51. The molecule has 0 atom stereocenters. The van der Waals surface area contributed by atoms with Crippen molar-refractivity contribution in [3.8, 4) is 5.95 Å². The van der Waals surface area contributed by atoms with Gasteiger partial charge in [0.2, 0.25) is 11.9 Å². The summed E-state index contributed by atoms with van der Waals surface area (Å²) in [6, 6.07) is 6.02. The van der Waals surface area contributed by atoms with E-state index >= 15 is 0 Å². The number of anilines is 1. The molecule has 162 valence electrons. The molecular weight excluding hydrogens is 390 g/mol. The van der Waals surface area contributed by atoms with Crippen LogP contribution in [-0.4, -0.2) is 25.2 Å². The number of carbonyl (C=O) groups is 1. The molecule has 4 rings (SSSR count). The second kappa shape index (κ2) is 8.13. The normalized spacial score (nSPS) is 13.2. The molecular formula is C24H29N5O2. The Bertz CT molecular complexity index is 1210. The predicted octanol–water partition coefficient (Wildman–Crippen LogP) is 3.49. The van der Waals surface area contributed by atoms with Gasteiger partial charge in [-0.05, 0) is 77.5 Å². The number of hydrogen-bond acceptors (Lipinski definition) is 4. The third-order valence-corrected chi connectivity index (χ3v) is 5.86. The van der Waals surface area contributed by atoms with E-state index in [0.29, 0.717) is 12.4 Å².